The van der Waals surface area contributed by atoms with E-state index in [4.69, 9.17) is 0 Å². The van der Waals surface area contributed by atoms with Crippen LogP contribution >= 0.6 is 0 Å². The second-order valence-electron chi connectivity index (χ2n) is 7.72. The van der Waals surface area contributed by atoms with E-state index in [0.717, 1.165) is 47.6 Å². The summed E-state index contributed by atoms with van der Waals surface area (Å²) in [5.41, 5.74) is -1.29. The average molecular weight is 363 g/mol. The van der Waals surface area contributed by atoms with Gasteiger partial charge in [-0.05, 0) is 41.3 Å². The minimum Gasteiger partial charge on any atom is -0.386 e. The Morgan fingerprint density at radius 2 is 1.37 bits per heavy atom. The summed E-state index contributed by atoms with van der Waals surface area (Å²) in [6.07, 6.45) is 4.80. The molecule has 0 heterocycles. The number of rotatable bonds is 8. The number of hydrogen-bond donors (Lipinski definition) is 2. The van der Waals surface area contributed by atoms with Crippen LogP contribution in [0.5, 0.6) is 0 Å². The minimum atomic E-state index is -1.47. The molecule has 0 aliphatic heterocycles. The van der Waals surface area contributed by atoms with Gasteiger partial charge in [0.05, 0.1) is 5.60 Å². The number of aliphatic hydroxyl groups is 2. The molecule has 2 atom stereocenters. The van der Waals surface area contributed by atoms with Gasteiger partial charge in [-0.1, -0.05) is 99.3 Å². The Hall–Kier alpha value is -2.16. The molecule has 0 saturated carbocycles. The van der Waals surface area contributed by atoms with Crippen LogP contribution in [-0.2, 0) is 5.60 Å². The zero-order valence-electron chi connectivity index (χ0n) is 16.4. The average Bonchev–Trinajstić information content (AvgIpc) is 2.70. The highest BCUT2D eigenvalue weighted by atomic mass is 16.4. The molecular formula is C25H30O2. The second kappa shape index (κ2) is 8.24. The highest BCUT2D eigenvalue weighted by molar-refractivity contribution is 5.83. The van der Waals surface area contributed by atoms with Crippen LogP contribution in [0.4, 0.5) is 0 Å². The summed E-state index contributed by atoms with van der Waals surface area (Å²) in [6, 6.07) is 23.6. The van der Waals surface area contributed by atoms with Gasteiger partial charge in [-0.15, -0.1) is 0 Å². The Morgan fingerprint density at radius 1 is 0.704 bits per heavy atom. The fourth-order valence-corrected chi connectivity index (χ4v) is 3.96. The van der Waals surface area contributed by atoms with Crippen LogP contribution in [0.1, 0.15) is 57.1 Å². The van der Waals surface area contributed by atoms with E-state index in [-0.39, 0.29) is 0 Å². The third-order valence-electron chi connectivity index (χ3n) is 5.66. The van der Waals surface area contributed by atoms with E-state index in [1.54, 1.807) is 6.92 Å². The summed E-state index contributed by atoms with van der Waals surface area (Å²) >= 11 is 0. The smallest absolute Gasteiger partial charge is 0.143 e. The number of hydrogen-bond acceptors (Lipinski definition) is 2. The fourth-order valence-electron chi connectivity index (χ4n) is 3.96. The third-order valence-corrected chi connectivity index (χ3v) is 5.66. The van der Waals surface area contributed by atoms with Crippen molar-refractivity contribution in [1.29, 1.82) is 0 Å². The van der Waals surface area contributed by atoms with Crippen molar-refractivity contribution in [2.45, 2.75) is 57.2 Å². The largest absolute Gasteiger partial charge is 0.386 e. The molecule has 0 amide bonds. The molecule has 3 aromatic carbocycles. The van der Waals surface area contributed by atoms with Crippen LogP contribution < -0.4 is 0 Å². The zero-order valence-corrected chi connectivity index (χ0v) is 16.4. The molecule has 2 heteroatoms. The lowest BCUT2D eigenvalue weighted by molar-refractivity contribution is -0.127. The monoisotopic (exact) mass is 362 g/mol. The molecule has 142 valence electrons. The molecule has 0 radical (unpaired) electrons. The summed E-state index contributed by atoms with van der Waals surface area (Å²) in [5, 5.41) is 25.6. The number of benzene rings is 3. The van der Waals surface area contributed by atoms with Gasteiger partial charge in [0.2, 0.25) is 0 Å². The van der Waals surface area contributed by atoms with Crippen molar-refractivity contribution in [3.05, 3.63) is 83.9 Å². The summed E-state index contributed by atoms with van der Waals surface area (Å²) in [4.78, 5) is 0. The topological polar surface area (TPSA) is 40.5 Å². The Morgan fingerprint density at radius 3 is 2.07 bits per heavy atom. The molecular weight excluding hydrogens is 332 g/mol. The Labute approximate surface area is 162 Å². The Bertz CT molecular complexity index is 870. The lowest BCUT2D eigenvalue weighted by atomic mass is 9.71. The van der Waals surface area contributed by atoms with Gasteiger partial charge in [-0.2, -0.15) is 0 Å². The first-order valence-electron chi connectivity index (χ1n) is 9.98. The maximum Gasteiger partial charge on any atom is 0.143 e. The predicted molar refractivity (Wildman–Crippen MR) is 113 cm³/mol. The van der Waals surface area contributed by atoms with E-state index in [1.807, 2.05) is 66.7 Å². The Kier molecular flexibility index (Phi) is 5.98. The molecule has 0 fully saturated rings. The maximum absolute atomic E-state index is 11.9. The fraction of sp³-hybridized carbons (Fsp3) is 0.360. The SMILES string of the molecule is CCCCCCC(C)(O)C(O)(c1ccccc1)c1ccc2ccccc2c1. The summed E-state index contributed by atoms with van der Waals surface area (Å²) in [6.45, 7) is 3.94. The van der Waals surface area contributed by atoms with Gasteiger partial charge in [0.15, 0.2) is 0 Å². The van der Waals surface area contributed by atoms with Crippen molar-refractivity contribution in [2.75, 3.05) is 0 Å². The molecule has 0 aliphatic rings. The second-order valence-corrected chi connectivity index (χ2v) is 7.72. The van der Waals surface area contributed by atoms with Gasteiger partial charge in [-0.3, -0.25) is 0 Å². The van der Waals surface area contributed by atoms with E-state index in [0.29, 0.717) is 6.42 Å². The normalized spacial score (nSPS) is 16.0. The van der Waals surface area contributed by atoms with Gasteiger partial charge in [0.25, 0.3) is 0 Å². The van der Waals surface area contributed by atoms with Gasteiger partial charge in [0, 0.05) is 0 Å². The standard InChI is InChI=1S/C25H30O2/c1-3-4-5-11-18-24(2,26)25(27,22-14-7-6-8-15-22)23-17-16-20-12-9-10-13-21(20)19-23/h6-10,12-17,19,26-27H,3-5,11,18H2,1-2H3. The van der Waals surface area contributed by atoms with E-state index in [9.17, 15) is 10.2 Å². The minimum absolute atomic E-state index is 0.547. The Balaban J connectivity index is 2.06. The summed E-state index contributed by atoms with van der Waals surface area (Å²) in [7, 11) is 0. The van der Waals surface area contributed by atoms with Gasteiger partial charge >= 0.3 is 0 Å². The van der Waals surface area contributed by atoms with Gasteiger partial charge in [-0.25, -0.2) is 0 Å². The van der Waals surface area contributed by atoms with E-state index in [1.165, 1.54) is 0 Å². The first kappa shape index (κ1) is 19.6. The summed E-state index contributed by atoms with van der Waals surface area (Å²) < 4.78 is 0. The molecule has 0 aromatic heterocycles. The molecule has 3 aromatic rings. The molecule has 27 heavy (non-hydrogen) atoms. The van der Waals surface area contributed by atoms with Crippen molar-refractivity contribution in [3.63, 3.8) is 0 Å². The zero-order chi connectivity index (χ0) is 19.3. The van der Waals surface area contributed by atoms with E-state index < -0.39 is 11.2 Å². The van der Waals surface area contributed by atoms with Crippen LogP contribution in [0.25, 0.3) is 10.8 Å². The van der Waals surface area contributed by atoms with Crippen LogP contribution in [0, 0.1) is 0 Å². The van der Waals surface area contributed by atoms with Crippen molar-refractivity contribution in [3.8, 4) is 0 Å². The van der Waals surface area contributed by atoms with Crippen molar-refractivity contribution < 1.29 is 10.2 Å². The molecule has 0 aliphatic carbocycles. The van der Waals surface area contributed by atoms with Crippen LogP contribution in [0.3, 0.4) is 0 Å². The van der Waals surface area contributed by atoms with Crippen molar-refractivity contribution in [2.24, 2.45) is 0 Å². The quantitative estimate of drug-likeness (QED) is 0.497. The van der Waals surface area contributed by atoms with Crippen LogP contribution in [0.2, 0.25) is 0 Å². The molecule has 0 spiro atoms. The van der Waals surface area contributed by atoms with Crippen molar-refractivity contribution in [1.82, 2.24) is 0 Å². The molecule has 2 N–H and O–H groups in total. The molecule has 0 bridgehead atoms. The number of unbranched alkanes of at least 4 members (excludes halogenated alkanes) is 3. The number of fused-ring (bicyclic) bond motifs is 1. The summed E-state index contributed by atoms with van der Waals surface area (Å²) in [5.74, 6) is 0. The van der Waals surface area contributed by atoms with Crippen molar-refractivity contribution >= 4 is 10.8 Å². The van der Waals surface area contributed by atoms with Crippen LogP contribution in [-0.4, -0.2) is 15.8 Å². The molecule has 0 saturated heterocycles. The molecule has 2 unspecified atom stereocenters. The van der Waals surface area contributed by atoms with Crippen LogP contribution in [0.15, 0.2) is 72.8 Å². The molecule has 3 rings (SSSR count). The lowest BCUT2D eigenvalue weighted by Gasteiger charge is -2.42. The first-order valence-corrected chi connectivity index (χ1v) is 9.98. The maximum atomic E-state index is 11.9. The first-order chi connectivity index (χ1) is 13.0. The van der Waals surface area contributed by atoms with Gasteiger partial charge < -0.3 is 10.2 Å². The third kappa shape index (κ3) is 3.92. The lowest BCUT2D eigenvalue weighted by Crippen LogP contribution is -2.50. The predicted octanol–water partition coefficient (Wildman–Crippen LogP) is 5.80. The van der Waals surface area contributed by atoms with Gasteiger partial charge in [0.1, 0.15) is 5.60 Å². The van der Waals surface area contributed by atoms with E-state index >= 15 is 0 Å². The molecule has 2 nitrogen and oxygen atoms in total. The highest BCUT2D eigenvalue weighted by Crippen LogP contribution is 2.43. The van der Waals surface area contributed by atoms with E-state index in [2.05, 4.69) is 13.0 Å². The highest BCUT2D eigenvalue weighted by Gasteiger charge is 2.48.